The molecule has 7 aromatic carbocycles. The Morgan fingerprint density at radius 2 is 0.857 bits per heavy atom. The van der Waals surface area contributed by atoms with Crippen molar-refractivity contribution in [2.45, 2.75) is 0 Å². The first-order chi connectivity index (χ1) is 24.3. The highest BCUT2D eigenvalue weighted by Gasteiger charge is 2.18. The van der Waals surface area contributed by atoms with Crippen LogP contribution in [0.4, 0.5) is 0 Å². The number of oxazole rings is 1. The van der Waals surface area contributed by atoms with Gasteiger partial charge in [0.15, 0.2) is 23.1 Å². The minimum Gasteiger partial charge on any atom is -0.436 e. The predicted octanol–water partition coefficient (Wildman–Crippen LogP) is 11.2. The number of fused-ring (bicyclic) bond motifs is 2. The van der Waals surface area contributed by atoms with Crippen molar-refractivity contribution in [3.8, 4) is 67.9 Å². The van der Waals surface area contributed by atoms with Gasteiger partial charge >= 0.3 is 0 Å². The lowest BCUT2D eigenvalue weighted by atomic mass is 9.94. The molecule has 0 fully saturated rings. The molecule has 2 aromatic heterocycles. The number of hydrogen-bond acceptors (Lipinski definition) is 5. The van der Waals surface area contributed by atoms with Crippen LogP contribution in [0.2, 0.25) is 0 Å². The summed E-state index contributed by atoms with van der Waals surface area (Å²) in [6.07, 6.45) is 0. The maximum absolute atomic E-state index is 6.46. The first kappa shape index (κ1) is 28.5. The SMILES string of the molecule is c1ccc(-c2nc(-c3ccccc3)nc(-c3ccc(-c4cc(-c5cccc6ccccc56)cc5oc(-c6ccccc6)nc45)cc3)n2)cc1. The van der Waals surface area contributed by atoms with Crippen molar-refractivity contribution in [2.75, 3.05) is 0 Å². The highest BCUT2D eigenvalue weighted by molar-refractivity contribution is 6.02. The molecule has 0 aliphatic carbocycles. The summed E-state index contributed by atoms with van der Waals surface area (Å²) in [6.45, 7) is 0. The van der Waals surface area contributed by atoms with Gasteiger partial charge in [-0.2, -0.15) is 0 Å². The van der Waals surface area contributed by atoms with Gasteiger partial charge in [0.25, 0.3) is 0 Å². The van der Waals surface area contributed by atoms with Gasteiger partial charge in [-0.25, -0.2) is 19.9 Å². The molecule has 0 saturated heterocycles. The van der Waals surface area contributed by atoms with Crippen molar-refractivity contribution < 1.29 is 4.42 Å². The van der Waals surface area contributed by atoms with Gasteiger partial charge < -0.3 is 4.42 Å². The van der Waals surface area contributed by atoms with E-state index in [1.54, 1.807) is 0 Å². The Morgan fingerprint density at radius 1 is 0.347 bits per heavy atom. The van der Waals surface area contributed by atoms with E-state index in [0.717, 1.165) is 55.6 Å². The van der Waals surface area contributed by atoms with Crippen molar-refractivity contribution in [1.29, 1.82) is 0 Å². The van der Waals surface area contributed by atoms with Crippen molar-refractivity contribution in [2.24, 2.45) is 0 Å². The van der Waals surface area contributed by atoms with Crippen molar-refractivity contribution in [3.63, 3.8) is 0 Å². The fraction of sp³-hybridized carbons (Fsp3) is 0. The zero-order valence-corrected chi connectivity index (χ0v) is 26.4. The van der Waals surface area contributed by atoms with E-state index in [0.29, 0.717) is 23.4 Å². The maximum atomic E-state index is 6.46. The summed E-state index contributed by atoms with van der Waals surface area (Å²) in [5.74, 6) is 2.47. The van der Waals surface area contributed by atoms with Crippen LogP contribution in [0.15, 0.2) is 174 Å². The van der Waals surface area contributed by atoms with E-state index in [1.165, 1.54) is 10.8 Å². The molecule has 0 N–H and O–H groups in total. The molecule has 0 aliphatic heterocycles. The third-order valence-corrected chi connectivity index (χ3v) is 8.77. The summed E-state index contributed by atoms with van der Waals surface area (Å²) in [5.41, 5.74) is 9.47. The van der Waals surface area contributed by atoms with Gasteiger partial charge in [0.1, 0.15) is 5.52 Å². The molecule has 0 atom stereocenters. The standard InChI is InChI=1S/C44H28N4O/c1-4-14-31(15-5-1)41-46-42(32-16-6-2-7-17-32)48-43(47-41)33-25-23-30(24-26-33)38-27-35(37-22-12-20-29-13-10-11-21-36(29)37)28-39-40(38)45-44(49-39)34-18-8-3-9-19-34/h1-28H. The molecule has 9 aromatic rings. The molecule has 49 heavy (non-hydrogen) atoms. The van der Waals surface area contributed by atoms with E-state index in [-0.39, 0.29) is 0 Å². The fourth-order valence-electron chi connectivity index (χ4n) is 6.32. The summed E-state index contributed by atoms with van der Waals surface area (Å²) in [4.78, 5) is 19.7. The molecule has 0 unspecified atom stereocenters. The molecular formula is C44H28N4O. The molecule has 0 amide bonds. The van der Waals surface area contributed by atoms with Crippen molar-refractivity contribution in [3.05, 3.63) is 170 Å². The Kier molecular flexibility index (Phi) is 7.06. The van der Waals surface area contributed by atoms with Gasteiger partial charge in [0.05, 0.1) is 0 Å². The highest BCUT2D eigenvalue weighted by atomic mass is 16.3. The Labute approximate surface area is 283 Å². The third kappa shape index (κ3) is 5.43. The summed E-state index contributed by atoms with van der Waals surface area (Å²) < 4.78 is 6.46. The second-order valence-corrected chi connectivity index (χ2v) is 11.9. The van der Waals surface area contributed by atoms with Gasteiger partial charge in [0, 0.05) is 27.8 Å². The average molecular weight is 629 g/mol. The van der Waals surface area contributed by atoms with Crippen LogP contribution in [0.3, 0.4) is 0 Å². The lowest BCUT2D eigenvalue weighted by Gasteiger charge is -2.11. The van der Waals surface area contributed by atoms with Gasteiger partial charge in [0.2, 0.25) is 5.89 Å². The van der Waals surface area contributed by atoms with Gasteiger partial charge in [-0.3, -0.25) is 0 Å². The number of aromatic nitrogens is 4. The number of hydrogen-bond donors (Lipinski definition) is 0. The van der Waals surface area contributed by atoms with Gasteiger partial charge in [-0.05, 0) is 51.7 Å². The minimum absolute atomic E-state index is 0.593. The van der Waals surface area contributed by atoms with Crippen LogP contribution in [0.1, 0.15) is 0 Å². The predicted molar refractivity (Wildman–Crippen MR) is 198 cm³/mol. The Bertz CT molecular complexity index is 2520. The largest absolute Gasteiger partial charge is 0.436 e. The van der Waals surface area contributed by atoms with Crippen LogP contribution in [-0.4, -0.2) is 19.9 Å². The van der Waals surface area contributed by atoms with Crippen LogP contribution in [0.25, 0.3) is 89.7 Å². The minimum atomic E-state index is 0.593. The molecule has 0 saturated carbocycles. The summed E-state index contributed by atoms with van der Waals surface area (Å²) in [5, 5.41) is 2.38. The molecule has 0 radical (unpaired) electrons. The van der Waals surface area contributed by atoms with Crippen LogP contribution < -0.4 is 0 Å². The van der Waals surface area contributed by atoms with Gasteiger partial charge in [-0.15, -0.1) is 0 Å². The van der Waals surface area contributed by atoms with E-state index in [9.17, 15) is 0 Å². The quantitative estimate of drug-likeness (QED) is 0.183. The smallest absolute Gasteiger partial charge is 0.227 e. The molecule has 2 heterocycles. The second kappa shape index (κ2) is 12.1. The Hall–Kier alpha value is -6.72. The van der Waals surface area contributed by atoms with E-state index in [4.69, 9.17) is 24.4 Å². The first-order valence-corrected chi connectivity index (χ1v) is 16.2. The van der Waals surface area contributed by atoms with Crippen LogP contribution in [-0.2, 0) is 0 Å². The number of nitrogens with zero attached hydrogens (tertiary/aromatic N) is 4. The third-order valence-electron chi connectivity index (χ3n) is 8.77. The normalized spacial score (nSPS) is 11.3. The summed E-state index contributed by atoms with van der Waals surface area (Å²) >= 11 is 0. The molecule has 230 valence electrons. The summed E-state index contributed by atoms with van der Waals surface area (Å²) in [6, 6.07) is 57.7. The van der Waals surface area contributed by atoms with Crippen LogP contribution in [0.5, 0.6) is 0 Å². The molecule has 5 nitrogen and oxygen atoms in total. The first-order valence-electron chi connectivity index (χ1n) is 16.2. The van der Waals surface area contributed by atoms with Gasteiger partial charge in [-0.1, -0.05) is 146 Å². The molecule has 0 spiro atoms. The lowest BCUT2D eigenvalue weighted by molar-refractivity contribution is 0.620. The highest BCUT2D eigenvalue weighted by Crippen LogP contribution is 2.39. The van der Waals surface area contributed by atoms with E-state index >= 15 is 0 Å². The molecule has 9 rings (SSSR count). The molecule has 5 heteroatoms. The fourth-order valence-corrected chi connectivity index (χ4v) is 6.32. The molecule has 0 bridgehead atoms. The Morgan fingerprint density at radius 3 is 1.49 bits per heavy atom. The zero-order valence-electron chi connectivity index (χ0n) is 26.4. The Balaban J connectivity index is 1.19. The topological polar surface area (TPSA) is 64.7 Å². The molecule has 0 aliphatic rings. The number of rotatable bonds is 6. The maximum Gasteiger partial charge on any atom is 0.227 e. The van der Waals surface area contributed by atoms with Crippen LogP contribution in [0, 0.1) is 0 Å². The van der Waals surface area contributed by atoms with Crippen molar-refractivity contribution in [1.82, 2.24) is 19.9 Å². The number of benzene rings is 7. The van der Waals surface area contributed by atoms with Crippen molar-refractivity contribution >= 4 is 21.9 Å². The van der Waals surface area contributed by atoms with Crippen LogP contribution >= 0.6 is 0 Å². The van der Waals surface area contributed by atoms with E-state index in [1.807, 2.05) is 91.0 Å². The zero-order chi connectivity index (χ0) is 32.6. The lowest BCUT2D eigenvalue weighted by Crippen LogP contribution is -2.00. The summed E-state index contributed by atoms with van der Waals surface area (Å²) in [7, 11) is 0. The molecular weight excluding hydrogens is 601 g/mol. The van der Waals surface area contributed by atoms with E-state index < -0.39 is 0 Å². The van der Waals surface area contributed by atoms with E-state index in [2.05, 4.69) is 78.9 Å². The monoisotopic (exact) mass is 628 g/mol. The second-order valence-electron chi connectivity index (χ2n) is 11.9. The average Bonchev–Trinajstić information content (AvgIpc) is 3.63.